The predicted octanol–water partition coefficient (Wildman–Crippen LogP) is 2.10. The first-order chi connectivity index (χ1) is 11.0. The van der Waals surface area contributed by atoms with Crippen molar-refractivity contribution in [2.75, 3.05) is 27.2 Å². The van der Waals surface area contributed by atoms with Gasteiger partial charge in [-0.05, 0) is 58.1 Å². The molecule has 5 heteroatoms. The summed E-state index contributed by atoms with van der Waals surface area (Å²) in [7, 11) is 3.99. The van der Waals surface area contributed by atoms with Gasteiger partial charge in [0, 0.05) is 25.2 Å². The summed E-state index contributed by atoms with van der Waals surface area (Å²) in [5, 5.41) is 7.42. The first kappa shape index (κ1) is 17.2. The van der Waals surface area contributed by atoms with Crippen LogP contribution in [0.2, 0.25) is 0 Å². The molecule has 124 valence electrons. The van der Waals surface area contributed by atoms with E-state index in [2.05, 4.69) is 45.6 Å². The number of amides is 1. The van der Waals surface area contributed by atoms with Crippen molar-refractivity contribution in [3.63, 3.8) is 0 Å². The van der Waals surface area contributed by atoms with E-state index in [9.17, 15) is 4.79 Å². The first-order valence-corrected chi connectivity index (χ1v) is 7.99. The molecule has 0 saturated carbocycles. The Kier molecular flexibility index (Phi) is 5.93. The second kappa shape index (κ2) is 7.92. The molecule has 0 aliphatic heterocycles. The largest absolute Gasteiger partial charge is 0.355 e. The SMILES string of the molecule is Cc1cc(C)n(-c2ccc(CCC(=O)NCCN(C)C)cc2)n1. The molecule has 1 N–H and O–H groups in total. The van der Waals surface area contributed by atoms with Gasteiger partial charge in [0.2, 0.25) is 5.91 Å². The molecule has 2 aromatic rings. The first-order valence-electron chi connectivity index (χ1n) is 7.99. The summed E-state index contributed by atoms with van der Waals surface area (Å²) < 4.78 is 1.94. The lowest BCUT2D eigenvalue weighted by atomic mass is 10.1. The van der Waals surface area contributed by atoms with E-state index in [1.54, 1.807) is 0 Å². The standard InChI is InChI=1S/C18H26N4O/c1-14-13-15(2)22(20-14)17-8-5-16(6-9-17)7-10-18(23)19-11-12-21(3)4/h5-6,8-9,13H,7,10-12H2,1-4H3,(H,19,23). The van der Waals surface area contributed by atoms with E-state index >= 15 is 0 Å². The number of likely N-dealkylation sites (N-methyl/N-ethyl adjacent to an activating group) is 1. The molecule has 0 fully saturated rings. The average Bonchev–Trinajstić information content (AvgIpc) is 2.84. The number of hydrogen-bond donors (Lipinski definition) is 1. The third kappa shape index (κ3) is 5.21. The minimum atomic E-state index is 0.106. The summed E-state index contributed by atoms with van der Waals surface area (Å²) >= 11 is 0. The maximum atomic E-state index is 11.8. The van der Waals surface area contributed by atoms with E-state index in [1.165, 1.54) is 0 Å². The highest BCUT2D eigenvalue weighted by Crippen LogP contribution is 2.13. The van der Waals surface area contributed by atoms with Gasteiger partial charge in [0.05, 0.1) is 11.4 Å². The quantitative estimate of drug-likeness (QED) is 0.851. The Balaban J connectivity index is 1.86. The molecule has 1 amide bonds. The Bertz CT molecular complexity index is 644. The van der Waals surface area contributed by atoms with Crippen molar-refractivity contribution >= 4 is 5.91 Å². The number of benzene rings is 1. The number of aryl methyl sites for hydroxylation is 3. The summed E-state index contributed by atoms with van der Waals surface area (Å²) in [4.78, 5) is 13.8. The lowest BCUT2D eigenvalue weighted by Crippen LogP contribution is -2.31. The van der Waals surface area contributed by atoms with Crippen molar-refractivity contribution in [3.05, 3.63) is 47.3 Å². The molecular weight excluding hydrogens is 288 g/mol. The van der Waals surface area contributed by atoms with Crippen molar-refractivity contribution in [3.8, 4) is 5.69 Å². The maximum absolute atomic E-state index is 11.8. The fourth-order valence-corrected chi connectivity index (χ4v) is 2.46. The van der Waals surface area contributed by atoms with Gasteiger partial charge in [-0.1, -0.05) is 12.1 Å². The van der Waals surface area contributed by atoms with E-state index in [0.717, 1.165) is 35.6 Å². The highest BCUT2D eigenvalue weighted by atomic mass is 16.1. The number of carbonyl (C=O) groups excluding carboxylic acids is 1. The molecule has 0 aliphatic rings. The summed E-state index contributed by atoms with van der Waals surface area (Å²) in [6, 6.07) is 10.3. The van der Waals surface area contributed by atoms with Crippen LogP contribution in [0.1, 0.15) is 23.4 Å². The summed E-state index contributed by atoms with van der Waals surface area (Å²) in [6.07, 6.45) is 1.28. The molecule has 0 saturated heterocycles. The minimum Gasteiger partial charge on any atom is -0.355 e. The van der Waals surface area contributed by atoms with Gasteiger partial charge in [0.15, 0.2) is 0 Å². The number of aromatic nitrogens is 2. The Hall–Kier alpha value is -2.14. The maximum Gasteiger partial charge on any atom is 0.220 e. The average molecular weight is 314 g/mol. The van der Waals surface area contributed by atoms with Crippen LogP contribution in [0.25, 0.3) is 5.69 Å². The van der Waals surface area contributed by atoms with Crippen LogP contribution in [0.15, 0.2) is 30.3 Å². The molecule has 0 atom stereocenters. The third-order valence-electron chi connectivity index (χ3n) is 3.71. The molecule has 1 heterocycles. The van der Waals surface area contributed by atoms with E-state index in [0.29, 0.717) is 13.0 Å². The smallest absolute Gasteiger partial charge is 0.220 e. The molecule has 0 bridgehead atoms. The van der Waals surface area contributed by atoms with Gasteiger partial charge in [-0.2, -0.15) is 5.10 Å². The topological polar surface area (TPSA) is 50.2 Å². The summed E-state index contributed by atoms with van der Waals surface area (Å²) in [6.45, 7) is 5.60. The zero-order chi connectivity index (χ0) is 16.8. The molecular formula is C18H26N4O. The normalized spacial score (nSPS) is 11.0. The monoisotopic (exact) mass is 314 g/mol. The highest BCUT2D eigenvalue weighted by Gasteiger charge is 2.05. The second-order valence-corrected chi connectivity index (χ2v) is 6.16. The van der Waals surface area contributed by atoms with Crippen molar-refractivity contribution in [1.82, 2.24) is 20.0 Å². The van der Waals surface area contributed by atoms with E-state index in [4.69, 9.17) is 0 Å². The molecule has 0 aliphatic carbocycles. The lowest BCUT2D eigenvalue weighted by molar-refractivity contribution is -0.121. The molecule has 0 radical (unpaired) electrons. The van der Waals surface area contributed by atoms with Crippen LogP contribution < -0.4 is 5.32 Å². The Morgan fingerprint density at radius 3 is 2.48 bits per heavy atom. The molecule has 1 aromatic heterocycles. The minimum absolute atomic E-state index is 0.106. The van der Waals surface area contributed by atoms with E-state index in [-0.39, 0.29) is 5.91 Å². The summed E-state index contributed by atoms with van der Waals surface area (Å²) in [5.41, 5.74) is 4.35. The van der Waals surface area contributed by atoms with E-state index in [1.807, 2.05) is 32.6 Å². The fourth-order valence-electron chi connectivity index (χ4n) is 2.46. The fraction of sp³-hybridized carbons (Fsp3) is 0.444. The van der Waals surface area contributed by atoms with Crippen LogP contribution in [0.5, 0.6) is 0 Å². The Morgan fingerprint density at radius 2 is 1.91 bits per heavy atom. The van der Waals surface area contributed by atoms with Crippen molar-refractivity contribution in [1.29, 1.82) is 0 Å². The van der Waals surface area contributed by atoms with Crippen LogP contribution in [0.3, 0.4) is 0 Å². The Morgan fingerprint density at radius 1 is 1.22 bits per heavy atom. The van der Waals surface area contributed by atoms with E-state index < -0.39 is 0 Å². The highest BCUT2D eigenvalue weighted by molar-refractivity contribution is 5.76. The molecule has 2 rings (SSSR count). The molecule has 0 unspecified atom stereocenters. The number of nitrogens with one attached hydrogen (secondary N) is 1. The number of rotatable bonds is 7. The molecule has 1 aromatic carbocycles. The van der Waals surface area contributed by atoms with Gasteiger partial charge < -0.3 is 10.2 Å². The number of hydrogen-bond acceptors (Lipinski definition) is 3. The van der Waals surface area contributed by atoms with Crippen LogP contribution in [0.4, 0.5) is 0 Å². The van der Waals surface area contributed by atoms with Gasteiger partial charge in [-0.15, -0.1) is 0 Å². The van der Waals surface area contributed by atoms with Crippen LogP contribution in [-0.2, 0) is 11.2 Å². The van der Waals surface area contributed by atoms with Gasteiger partial charge >= 0.3 is 0 Å². The van der Waals surface area contributed by atoms with Crippen LogP contribution in [0, 0.1) is 13.8 Å². The third-order valence-corrected chi connectivity index (χ3v) is 3.71. The lowest BCUT2D eigenvalue weighted by Gasteiger charge is -2.10. The number of carbonyl (C=O) groups is 1. The molecule has 23 heavy (non-hydrogen) atoms. The van der Waals surface area contributed by atoms with Gasteiger partial charge in [0.25, 0.3) is 0 Å². The number of nitrogens with zero attached hydrogens (tertiary/aromatic N) is 3. The van der Waals surface area contributed by atoms with Crippen molar-refractivity contribution < 1.29 is 4.79 Å². The second-order valence-electron chi connectivity index (χ2n) is 6.16. The zero-order valence-electron chi connectivity index (χ0n) is 14.5. The summed E-state index contributed by atoms with van der Waals surface area (Å²) in [5.74, 6) is 0.106. The van der Waals surface area contributed by atoms with Crippen LogP contribution in [-0.4, -0.2) is 47.8 Å². The Labute approximate surface area is 138 Å². The van der Waals surface area contributed by atoms with Gasteiger partial charge in [-0.25, -0.2) is 4.68 Å². The van der Waals surface area contributed by atoms with Gasteiger partial charge in [-0.3, -0.25) is 4.79 Å². The predicted molar refractivity (Wildman–Crippen MR) is 92.9 cm³/mol. The van der Waals surface area contributed by atoms with Crippen molar-refractivity contribution in [2.45, 2.75) is 26.7 Å². The van der Waals surface area contributed by atoms with Crippen molar-refractivity contribution in [2.24, 2.45) is 0 Å². The van der Waals surface area contributed by atoms with Gasteiger partial charge in [0.1, 0.15) is 0 Å². The van der Waals surface area contributed by atoms with Crippen LogP contribution >= 0.6 is 0 Å². The molecule has 0 spiro atoms. The zero-order valence-corrected chi connectivity index (χ0v) is 14.5. The molecule has 5 nitrogen and oxygen atoms in total.